The molecule has 1 heterocycles. The third-order valence-electron chi connectivity index (χ3n) is 2.37. The van der Waals surface area contributed by atoms with Gasteiger partial charge < -0.3 is 15.2 Å². The first-order valence-electron chi connectivity index (χ1n) is 4.72. The van der Waals surface area contributed by atoms with Gasteiger partial charge in [0.2, 0.25) is 0 Å². The quantitative estimate of drug-likeness (QED) is 0.641. The van der Waals surface area contributed by atoms with Gasteiger partial charge in [-0.25, -0.2) is 0 Å². The van der Waals surface area contributed by atoms with E-state index in [1.165, 1.54) is 0 Å². The zero-order valence-electron chi connectivity index (χ0n) is 7.78. The normalized spacial score (nSPS) is 28.3. The summed E-state index contributed by atoms with van der Waals surface area (Å²) < 4.78 is 20.7. The fourth-order valence-electron chi connectivity index (χ4n) is 1.66. The minimum atomic E-state index is -1.92. The molecule has 4 nitrogen and oxygen atoms in total. The molecule has 0 spiro atoms. The van der Waals surface area contributed by atoms with Gasteiger partial charge in [-0.05, 0) is 19.4 Å². The summed E-state index contributed by atoms with van der Waals surface area (Å²) in [6, 6.07) is 0.225. The van der Waals surface area contributed by atoms with Gasteiger partial charge in [0.05, 0.1) is 0 Å². The minimum absolute atomic E-state index is 0.225. The van der Waals surface area contributed by atoms with Crippen LogP contribution in [0.2, 0.25) is 0 Å². The van der Waals surface area contributed by atoms with Gasteiger partial charge in [-0.2, -0.15) is 0 Å². The van der Waals surface area contributed by atoms with Crippen LogP contribution >= 0.6 is 0 Å². The number of nitrogens with zero attached hydrogens (tertiary/aromatic N) is 1. The highest BCUT2D eigenvalue weighted by Gasteiger charge is 2.13. The lowest BCUT2D eigenvalue weighted by Gasteiger charge is -2.22. The smallest absolute Gasteiger partial charge is 0.0229 e. The first kappa shape index (κ1) is 11.1. The Bertz CT molecular complexity index is 178. The molecule has 0 aliphatic carbocycles. The predicted octanol–water partition coefficient (Wildman–Crippen LogP) is -0.321. The van der Waals surface area contributed by atoms with E-state index < -0.39 is 11.1 Å². The highest BCUT2D eigenvalue weighted by atomic mass is 32.2. The topological polar surface area (TPSA) is 69.4 Å². The third-order valence-corrected chi connectivity index (χ3v) is 2.88. The molecule has 0 bridgehead atoms. The number of hydrogen-bond acceptors (Lipinski definition) is 4. The number of rotatable bonds is 3. The van der Waals surface area contributed by atoms with Crippen molar-refractivity contribution in [2.24, 2.45) is 5.73 Å². The Morgan fingerprint density at radius 3 is 3.00 bits per heavy atom. The van der Waals surface area contributed by atoms with Crippen molar-refractivity contribution in [3.05, 3.63) is 0 Å². The van der Waals surface area contributed by atoms with Gasteiger partial charge in [0.15, 0.2) is 0 Å². The first-order chi connectivity index (χ1) is 6.18. The van der Waals surface area contributed by atoms with E-state index in [9.17, 15) is 8.76 Å². The minimum Gasteiger partial charge on any atom is -0.772 e. The predicted molar refractivity (Wildman–Crippen MR) is 52.1 cm³/mol. The molecule has 0 aromatic heterocycles. The maximum atomic E-state index is 10.4. The second-order valence-electron chi connectivity index (χ2n) is 3.56. The molecule has 1 rings (SSSR count). The van der Waals surface area contributed by atoms with Gasteiger partial charge in [-0.3, -0.25) is 4.21 Å². The second kappa shape index (κ2) is 5.70. The van der Waals surface area contributed by atoms with Crippen molar-refractivity contribution in [3.8, 4) is 0 Å². The van der Waals surface area contributed by atoms with Crippen LogP contribution in [0.15, 0.2) is 0 Å². The van der Waals surface area contributed by atoms with E-state index in [0.29, 0.717) is 6.54 Å². The van der Waals surface area contributed by atoms with Crippen LogP contribution in [-0.2, 0) is 11.1 Å². The summed E-state index contributed by atoms with van der Waals surface area (Å²) in [5.41, 5.74) is 5.84. The number of hydrogen-bond donors (Lipinski definition) is 1. The summed E-state index contributed by atoms with van der Waals surface area (Å²) >= 11 is -1.92. The molecule has 2 N–H and O–H groups in total. The molecular formula is C8H17N2O2S-. The van der Waals surface area contributed by atoms with E-state index in [2.05, 4.69) is 4.90 Å². The Hall–Kier alpha value is 0.0300. The Kier molecular flexibility index (Phi) is 4.87. The van der Waals surface area contributed by atoms with Crippen LogP contribution in [0.3, 0.4) is 0 Å². The zero-order valence-corrected chi connectivity index (χ0v) is 8.59. The summed E-state index contributed by atoms with van der Waals surface area (Å²) in [6.07, 6.45) is 3.37. The van der Waals surface area contributed by atoms with Gasteiger partial charge in [0.25, 0.3) is 0 Å². The lowest BCUT2D eigenvalue weighted by Crippen LogP contribution is -2.37. The fraction of sp³-hybridized carbons (Fsp3) is 1.00. The largest absolute Gasteiger partial charge is 0.772 e. The molecule has 1 fully saturated rings. The molecule has 1 saturated heterocycles. The zero-order chi connectivity index (χ0) is 9.68. The Morgan fingerprint density at radius 1 is 1.54 bits per heavy atom. The summed E-state index contributed by atoms with van der Waals surface area (Å²) in [7, 11) is 0. The summed E-state index contributed by atoms with van der Waals surface area (Å²) in [5.74, 6) is 0.229. The number of nitrogens with two attached hydrogens (primary N) is 1. The molecule has 0 radical (unpaired) electrons. The Balaban J connectivity index is 2.26. The molecule has 1 aliphatic heterocycles. The van der Waals surface area contributed by atoms with Gasteiger partial charge >= 0.3 is 0 Å². The van der Waals surface area contributed by atoms with Crippen molar-refractivity contribution in [3.63, 3.8) is 0 Å². The lowest BCUT2D eigenvalue weighted by molar-refractivity contribution is 0.287. The molecule has 0 aromatic carbocycles. The van der Waals surface area contributed by atoms with Crippen LogP contribution in [0, 0.1) is 0 Å². The van der Waals surface area contributed by atoms with Crippen LogP contribution in [0.4, 0.5) is 0 Å². The Morgan fingerprint density at radius 2 is 2.31 bits per heavy atom. The number of likely N-dealkylation sites (tertiary alicyclic amines) is 1. The van der Waals surface area contributed by atoms with Crippen molar-refractivity contribution in [2.45, 2.75) is 25.3 Å². The van der Waals surface area contributed by atoms with E-state index in [-0.39, 0.29) is 11.8 Å². The molecule has 1 aliphatic rings. The second-order valence-corrected chi connectivity index (χ2v) is 4.58. The fourth-order valence-corrected chi connectivity index (χ4v) is 2.07. The van der Waals surface area contributed by atoms with Gasteiger partial charge in [-0.1, -0.05) is 17.5 Å². The van der Waals surface area contributed by atoms with Crippen molar-refractivity contribution in [1.29, 1.82) is 0 Å². The standard InChI is InChI=1S/C8H18N2O2S/c9-8-3-1-2-4-10(7-8)5-6-13(11)12/h8H,1-7,9H2,(H,11,12)/p-1. The molecule has 13 heavy (non-hydrogen) atoms. The highest BCUT2D eigenvalue weighted by molar-refractivity contribution is 7.79. The van der Waals surface area contributed by atoms with Gasteiger partial charge in [-0.15, -0.1) is 0 Å². The molecule has 0 saturated carbocycles. The van der Waals surface area contributed by atoms with Gasteiger partial charge in [0, 0.05) is 24.9 Å². The molecule has 5 heteroatoms. The third kappa shape index (κ3) is 4.71. The van der Waals surface area contributed by atoms with Crippen molar-refractivity contribution in [2.75, 3.05) is 25.4 Å². The van der Waals surface area contributed by atoms with Crippen molar-refractivity contribution >= 4 is 11.1 Å². The summed E-state index contributed by atoms with van der Waals surface area (Å²) in [4.78, 5) is 2.15. The average Bonchev–Trinajstić information content (AvgIpc) is 2.26. The maximum absolute atomic E-state index is 10.4. The molecule has 2 unspecified atom stereocenters. The molecule has 0 aromatic rings. The van der Waals surface area contributed by atoms with Crippen molar-refractivity contribution in [1.82, 2.24) is 4.90 Å². The monoisotopic (exact) mass is 205 g/mol. The summed E-state index contributed by atoms with van der Waals surface area (Å²) in [5, 5.41) is 0. The first-order valence-corrected chi connectivity index (χ1v) is 5.96. The van der Waals surface area contributed by atoms with Gasteiger partial charge in [0.1, 0.15) is 0 Å². The van der Waals surface area contributed by atoms with E-state index in [0.717, 1.165) is 32.4 Å². The summed E-state index contributed by atoms with van der Waals surface area (Å²) in [6.45, 7) is 2.46. The van der Waals surface area contributed by atoms with Crippen molar-refractivity contribution < 1.29 is 8.76 Å². The van der Waals surface area contributed by atoms with Crippen LogP contribution in [0.25, 0.3) is 0 Å². The lowest BCUT2D eigenvalue weighted by atomic mass is 10.2. The Labute approximate surface area is 81.8 Å². The molecule has 2 atom stereocenters. The van der Waals surface area contributed by atoms with E-state index in [1.54, 1.807) is 0 Å². The highest BCUT2D eigenvalue weighted by Crippen LogP contribution is 2.08. The average molecular weight is 205 g/mol. The SMILES string of the molecule is NC1CCCCN(CCS(=O)[O-])C1. The maximum Gasteiger partial charge on any atom is 0.0229 e. The van der Waals surface area contributed by atoms with E-state index in [1.807, 2.05) is 0 Å². The van der Waals surface area contributed by atoms with Crippen LogP contribution in [0.1, 0.15) is 19.3 Å². The van der Waals surface area contributed by atoms with E-state index in [4.69, 9.17) is 5.73 Å². The van der Waals surface area contributed by atoms with Crippen LogP contribution < -0.4 is 5.73 Å². The molecule has 0 amide bonds. The van der Waals surface area contributed by atoms with Crippen LogP contribution in [0.5, 0.6) is 0 Å². The van der Waals surface area contributed by atoms with Crippen LogP contribution in [-0.4, -0.2) is 45.1 Å². The van der Waals surface area contributed by atoms with E-state index >= 15 is 0 Å². The molecular weight excluding hydrogens is 188 g/mol. The molecule has 78 valence electrons.